The molecular formula is C15H20ClNO3. The van der Waals surface area contributed by atoms with Crippen molar-refractivity contribution in [1.29, 1.82) is 0 Å². The summed E-state index contributed by atoms with van der Waals surface area (Å²) in [6.07, 6.45) is 1.00. The van der Waals surface area contributed by atoms with Crippen LogP contribution in [0.2, 0.25) is 5.02 Å². The first-order chi connectivity index (χ1) is 9.49. The van der Waals surface area contributed by atoms with Crippen molar-refractivity contribution in [2.24, 2.45) is 0 Å². The fourth-order valence-electron chi connectivity index (χ4n) is 1.84. The largest absolute Gasteiger partial charge is 0.469 e. The molecule has 0 heterocycles. The van der Waals surface area contributed by atoms with E-state index in [2.05, 4.69) is 4.74 Å². The maximum absolute atomic E-state index is 12.5. The van der Waals surface area contributed by atoms with Gasteiger partial charge in [-0.15, -0.1) is 0 Å². The number of carbonyl (C=O) groups excluding carboxylic acids is 2. The van der Waals surface area contributed by atoms with E-state index in [0.717, 1.165) is 6.42 Å². The molecule has 0 spiro atoms. The lowest BCUT2D eigenvalue weighted by atomic mass is 10.1. The molecule has 0 radical (unpaired) electrons. The summed E-state index contributed by atoms with van der Waals surface area (Å²) in [6.45, 7) is 4.30. The predicted octanol–water partition coefficient (Wildman–Crippen LogP) is 3.14. The SMILES string of the molecule is CCC(C)N(CCC(=O)OC)C(=O)c1cccc(Cl)c1. The Labute approximate surface area is 124 Å². The molecule has 0 N–H and O–H groups in total. The topological polar surface area (TPSA) is 46.6 Å². The Morgan fingerprint density at radius 2 is 2.10 bits per heavy atom. The van der Waals surface area contributed by atoms with E-state index in [0.29, 0.717) is 17.1 Å². The van der Waals surface area contributed by atoms with E-state index in [-0.39, 0.29) is 24.3 Å². The Hall–Kier alpha value is -1.55. The molecule has 0 aliphatic carbocycles. The van der Waals surface area contributed by atoms with E-state index in [9.17, 15) is 9.59 Å². The molecule has 20 heavy (non-hydrogen) atoms. The molecular weight excluding hydrogens is 278 g/mol. The Kier molecular flexibility index (Phi) is 6.52. The van der Waals surface area contributed by atoms with Gasteiger partial charge in [-0.1, -0.05) is 24.6 Å². The molecule has 0 aliphatic rings. The van der Waals surface area contributed by atoms with E-state index in [1.807, 2.05) is 13.8 Å². The summed E-state index contributed by atoms with van der Waals surface area (Å²) >= 11 is 5.91. The van der Waals surface area contributed by atoms with Gasteiger partial charge in [-0.3, -0.25) is 9.59 Å². The van der Waals surface area contributed by atoms with Gasteiger partial charge in [-0.05, 0) is 31.5 Å². The minimum atomic E-state index is -0.322. The van der Waals surface area contributed by atoms with Crippen molar-refractivity contribution in [3.63, 3.8) is 0 Å². The maximum Gasteiger partial charge on any atom is 0.307 e. The first-order valence-corrected chi connectivity index (χ1v) is 7.00. The van der Waals surface area contributed by atoms with Crippen molar-refractivity contribution in [3.05, 3.63) is 34.9 Å². The number of esters is 1. The number of hydrogen-bond acceptors (Lipinski definition) is 3. The lowest BCUT2D eigenvalue weighted by Crippen LogP contribution is -2.39. The molecule has 0 bridgehead atoms. The Balaban J connectivity index is 2.87. The van der Waals surface area contributed by atoms with E-state index >= 15 is 0 Å². The lowest BCUT2D eigenvalue weighted by Gasteiger charge is -2.28. The van der Waals surface area contributed by atoms with Crippen molar-refractivity contribution in [2.75, 3.05) is 13.7 Å². The molecule has 1 rings (SSSR count). The zero-order valence-electron chi connectivity index (χ0n) is 12.1. The zero-order chi connectivity index (χ0) is 15.1. The highest BCUT2D eigenvalue weighted by molar-refractivity contribution is 6.30. The number of carbonyl (C=O) groups is 2. The normalized spacial score (nSPS) is 11.8. The molecule has 0 aromatic heterocycles. The van der Waals surface area contributed by atoms with E-state index in [1.165, 1.54) is 7.11 Å². The van der Waals surface area contributed by atoms with Crippen LogP contribution in [0, 0.1) is 0 Å². The summed E-state index contributed by atoms with van der Waals surface area (Å²) in [5.41, 5.74) is 0.530. The number of hydrogen-bond donors (Lipinski definition) is 0. The van der Waals surface area contributed by atoms with Gasteiger partial charge < -0.3 is 9.64 Å². The average Bonchev–Trinajstić information content (AvgIpc) is 2.46. The van der Waals surface area contributed by atoms with Crippen LogP contribution in [0.15, 0.2) is 24.3 Å². The summed E-state index contributed by atoms with van der Waals surface area (Å²) in [5, 5.41) is 0.521. The summed E-state index contributed by atoms with van der Waals surface area (Å²) in [7, 11) is 1.34. The third-order valence-electron chi connectivity index (χ3n) is 3.24. The number of benzene rings is 1. The van der Waals surface area contributed by atoms with Gasteiger partial charge in [-0.25, -0.2) is 0 Å². The first kappa shape index (κ1) is 16.5. The number of methoxy groups -OCH3 is 1. The second-order valence-electron chi connectivity index (χ2n) is 4.59. The van der Waals surface area contributed by atoms with Crippen molar-refractivity contribution < 1.29 is 14.3 Å². The highest BCUT2D eigenvalue weighted by Gasteiger charge is 2.21. The minimum absolute atomic E-state index is 0.0473. The van der Waals surface area contributed by atoms with E-state index < -0.39 is 0 Å². The van der Waals surface area contributed by atoms with Gasteiger partial charge in [0.15, 0.2) is 0 Å². The number of halogens is 1. The van der Waals surface area contributed by atoms with Crippen LogP contribution < -0.4 is 0 Å². The third-order valence-corrected chi connectivity index (χ3v) is 3.47. The van der Waals surface area contributed by atoms with Crippen LogP contribution in [0.1, 0.15) is 37.0 Å². The Bertz CT molecular complexity index is 476. The molecule has 1 aromatic rings. The van der Waals surface area contributed by atoms with E-state index in [4.69, 9.17) is 11.6 Å². The second kappa shape index (κ2) is 7.90. The van der Waals surface area contributed by atoms with Crippen LogP contribution in [0.3, 0.4) is 0 Å². The molecule has 1 aromatic carbocycles. The highest BCUT2D eigenvalue weighted by atomic mass is 35.5. The summed E-state index contributed by atoms with van der Waals surface area (Å²) in [4.78, 5) is 25.5. The molecule has 0 aliphatic heterocycles. The molecule has 110 valence electrons. The van der Waals surface area contributed by atoms with Gasteiger partial charge in [0.05, 0.1) is 13.5 Å². The minimum Gasteiger partial charge on any atom is -0.469 e. The monoisotopic (exact) mass is 297 g/mol. The van der Waals surface area contributed by atoms with Gasteiger partial charge >= 0.3 is 5.97 Å². The quantitative estimate of drug-likeness (QED) is 0.758. The number of amides is 1. The van der Waals surface area contributed by atoms with Crippen molar-refractivity contribution >= 4 is 23.5 Å². The first-order valence-electron chi connectivity index (χ1n) is 6.63. The van der Waals surface area contributed by atoms with Gasteiger partial charge in [0, 0.05) is 23.2 Å². The van der Waals surface area contributed by atoms with Gasteiger partial charge in [-0.2, -0.15) is 0 Å². The molecule has 1 unspecified atom stereocenters. The number of ether oxygens (including phenoxy) is 1. The third kappa shape index (κ3) is 4.53. The molecule has 0 saturated heterocycles. The standard InChI is InChI=1S/C15H20ClNO3/c1-4-11(2)17(9-8-14(18)20-3)15(19)12-6-5-7-13(16)10-12/h5-7,10-11H,4,8-9H2,1-3H3. The molecule has 0 saturated carbocycles. The highest BCUT2D eigenvalue weighted by Crippen LogP contribution is 2.15. The molecule has 0 fully saturated rings. The maximum atomic E-state index is 12.5. The van der Waals surface area contributed by atoms with E-state index in [1.54, 1.807) is 29.2 Å². The number of rotatable bonds is 6. The Morgan fingerprint density at radius 3 is 2.65 bits per heavy atom. The lowest BCUT2D eigenvalue weighted by molar-refractivity contribution is -0.140. The fraction of sp³-hybridized carbons (Fsp3) is 0.467. The second-order valence-corrected chi connectivity index (χ2v) is 5.03. The summed E-state index contributed by atoms with van der Waals surface area (Å²) < 4.78 is 4.62. The molecule has 5 heteroatoms. The number of nitrogens with zero attached hydrogens (tertiary/aromatic N) is 1. The summed E-state index contributed by atoms with van der Waals surface area (Å²) in [5.74, 6) is -0.442. The predicted molar refractivity (Wildman–Crippen MR) is 78.9 cm³/mol. The summed E-state index contributed by atoms with van der Waals surface area (Å²) in [6, 6.07) is 6.87. The van der Waals surface area contributed by atoms with Crippen molar-refractivity contribution in [1.82, 2.24) is 4.90 Å². The van der Waals surface area contributed by atoms with Crippen molar-refractivity contribution in [3.8, 4) is 0 Å². The van der Waals surface area contributed by atoms with Gasteiger partial charge in [0.25, 0.3) is 5.91 Å². The molecule has 1 amide bonds. The molecule has 4 nitrogen and oxygen atoms in total. The van der Waals surface area contributed by atoms with Crippen LogP contribution >= 0.6 is 11.6 Å². The van der Waals surface area contributed by atoms with Gasteiger partial charge in [0.2, 0.25) is 0 Å². The molecule has 1 atom stereocenters. The van der Waals surface area contributed by atoms with Crippen LogP contribution in [-0.2, 0) is 9.53 Å². The van der Waals surface area contributed by atoms with Crippen LogP contribution in [-0.4, -0.2) is 36.5 Å². The van der Waals surface area contributed by atoms with Crippen LogP contribution in [0.5, 0.6) is 0 Å². The zero-order valence-corrected chi connectivity index (χ0v) is 12.8. The average molecular weight is 298 g/mol. The van der Waals surface area contributed by atoms with Gasteiger partial charge in [0.1, 0.15) is 0 Å². The fourth-order valence-corrected chi connectivity index (χ4v) is 2.03. The smallest absolute Gasteiger partial charge is 0.307 e. The van der Waals surface area contributed by atoms with Crippen molar-refractivity contribution in [2.45, 2.75) is 32.7 Å². The van der Waals surface area contributed by atoms with Crippen LogP contribution in [0.25, 0.3) is 0 Å². The van der Waals surface area contributed by atoms with Crippen LogP contribution in [0.4, 0.5) is 0 Å². The Morgan fingerprint density at radius 1 is 1.40 bits per heavy atom.